The van der Waals surface area contributed by atoms with E-state index >= 15 is 0 Å². The average Bonchev–Trinajstić information content (AvgIpc) is 2.53. The van der Waals surface area contributed by atoms with Gasteiger partial charge in [-0.1, -0.05) is 60.7 Å². The fourth-order valence-electron chi connectivity index (χ4n) is 2.90. The van der Waals surface area contributed by atoms with Crippen LogP contribution in [-0.2, 0) is 9.53 Å². The molecule has 0 radical (unpaired) electrons. The number of hydrogen-bond acceptors (Lipinski definition) is 3. The van der Waals surface area contributed by atoms with Crippen LogP contribution in [0.2, 0.25) is 0 Å². The molecule has 0 bridgehead atoms. The van der Waals surface area contributed by atoms with Gasteiger partial charge in [0.25, 0.3) is 0 Å². The Morgan fingerprint density at radius 3 is 2.05 bits per heavy atom. The molecule has 1 unspecified atom stereocenters. The number of carbonyl (C=O) groups is 1. The van der Waals surface area contributed by atoms with Crippen molar-refractivity contribution >= 4 is 5.97 Å². The van der Waals surface area contributed by atoms with E-state index in [1.807, 2.05) is 36.4 Å². The standard InChI is InChI=1S/C19H18O3/c20-16-11-17(22-19(21)12-16)13-18(14-7-3-1-4-8-14)15-9-5-2-6-10-15/h1-10,12,17-18,20H,11,13H2. The molecule has 0 saturated carbocycles. The van der Waals surface area contributed by atoms with Crippen molar-refractivity contribution in [2.75, 3.05) is 0 Å². The second-order valence-corrected chi connectivity index (χ2v) is 5.51. The lowest BCUT2D eigenvalue weighted by molar-refractivity contribution is -0.145. The van der Waals surface area contributed by atoms with Crippen molar-refractivity contribution in [1.29, 1.82) is 0 Å². The topological polar surface area (TPSA) is 46.5 Å². The summed E-state index contributed by atoms with van der Waals surface area (Å²) in [6, 6.07) is 20.3. The van der Waals surface area contributed by atoms with Crippen LogP contribution in [0.15, 0.2) is 72.5 Å². The van der Waals surface area contributed by atoms with Gasteiger partial charge in [0.2, 0.25) is 0 Å². The highest BCUT2D eigenvalue weighted by atomic mass is 16.5. The maximum atomic E-state index is 11.5. The first-order valence-electron chi connectivity index (χ1n) is 7.42. The lowest BCUT2D eigenvalue weighted by Crippen LogP contribution is -2.25. The largest absolute Gasteiger partial charge is 0.512 e. The second-order valence-electron chi connectivity index (χ2n) is 5.51. The van der Waals surface area contributed by atoms with Gasteiger partial charge >= 0.3 is 5.97 Å². The van der Waals surface area contributed by atoms with Crippen LogP contribution >= 0.6 is 0 Å². The summed E-state index contributed by atoms with van der Waals surface area (Å²) in [7, 11) is 0. The summed E-state index contributed by atoms with van der Waals surface area (Å²) in [6.07, 6.45) is 1.87. The zero-order chi connectivity index (χ0) is 15.4. The average molecular weight is 294 g/mol. The van der Waals surface area contributed by atoms with Crippen molar-refractivity contribution in [3.8, 4) is 0 Å². The molecule has 1 aliphatic heterocycles. The van der Waals surface area contributed by atoms with Crippen molar-refractivity contribution < 1.29 is 14.6 Å². The Morgan fingerprint density at radius 2 is 1.55 bits per heavy atom. The van der Waals surface area contributed by atoms with E-state index in [0.717, 1.165) is 6.08 Å². The molecule has 0 aliphatic carbocycles. The zero-order valence-electron chi connectivity index (χ0n) is 12.2. The highest BCUT2D eigenvalue weighted by Crippen LogP contribution is 2.32. The molecule has 0 spiro atoms. The van der Waals surface area contributed by atoms with Crippen LogP contribution < -0.4 is 0 Å². The minimum Gasteiger partial charge on any atom is -0.512 e. The molecule has 0 fully saturated rings. The Balaban J connectivity index is 1.87. The Morgan fingerprint density at radius 1 is 1.00 bits per heavy atom. The van der Waals surface area contributed by atoms with E-state index in [2.05, 4.69) is 24.3 Å². The summed E-state index contributed by atoms with van der Waals surface area (Å²) >= 11 is 0. The predicted molar refractivity (Wildman–Crippen MR) is 84.6 cm³/mol. The first-order valence-corrected chi connectivity index (χ1v) is 7.42. The predicted octanol–water partition coefficient (Wildman–Crippen LogP) is 3.97. The molecule has 2 aromatic rings. The van der Waals surface area contributed by atoms with E-state index in [-0.39, 0.29) is 17.8 Å². The van der Waals surface area contributed by atoms with Gasteiger partial charge in [0.1, 0.15) is 11.9 Å². The highest BCUT2D eigenvalue weighted by Gasteiger charge is 2.26. The summed E-state index contributed by atoms with van der Waals surface area (Å²) in [5.41, 5.74) is 2.36. The van der Waals surface area contributed by atoms with Crippen molar-refractivity contribution in [2.45, 2.75) is 24.9 Å². The van der Waals surface area contributed by atoms with Crippen LogP contribution in [0.3, 0.4) is 0 Å². The van der Waals surface area contributed by atoms with Gasteiger partial charge in [-0.25, -0.2) is 4.79 Å². The molecule has 1 heterocycles. The molecular weight excluding hydrogens is 276 g/mol. The number of aliphatic hydroxyl groups excluding tert-OH is 1. The van der Waals surface area contributed by atoms with Gasteiger partial charge in [0.05, 0.1) is 6.08 Å². The van der Waals surface area contributed by atoms with E-state index in [0.29, 0.717) is 12.8 Å². The van der Waals surface area contributed by atoms with Crippen molar-refractivity contribution in [3.05, 3.63) is 83.6 Å². The third-order valence-corrected chi connectivity index (χ3v) is 3.91. The lowest BCUT2D eigenvalue weighted by Gasteiger charge is -2.26. The molecule has 0 amide bonds. The molecule has 3 heteroatoms. The fourth-order valence-corrected chi connectivity index (χ4v) is 2.90. The molecular formula is C19H18O3. The SMILES string of the molecule is O=C1C=C(O)CC(CC(c2ccccc2)c2ccccc2)O1. The van der Waals surface area contributed by atoms with Crippen LogP contribution in [0, 0.1) is 0 Å². The van der Waals surface area contributed by atoms with E-state index in [9.17, 15) is 9.90 Å². The molecule has 2 aromatic carbocycles. The minimum absolute atomic E-state index is 0.0983. The number of rotatable bonds is 4. The summed E-state index contributed by atoms with van der Waals surface area (Å²) in [6.45, 7) is 0. The van der Waals surface area contributed by atoms with Crippen molar-refractivity contribution in [1.82, 2.24) is 0 Å². The summed E-state index contributed by atoms with van der Waals surface area (Å²) < 4.78 is 5.35. The first-order chi connectivity index (χ1) is 10.7. The molecule has 0 saturated heterocycles. The minimum atomic E-state index is -0.464. The number of aliphatic hydroxyl groups is 1. The monoisotopic (exact) mass is 294 g/mol. The molecule has 0 aromatic heterocycles. The number of ether oxygens (including phenoxy) is 1. The molecule has 3 nitrogen and oxygen atoms in total. The van der Waals surface area contributed by atoms with Gasteiger partial charge in [-0.15, -0.1) is 0 Å². The third-order valence-electron chi connectivity index (χ3n) is 3.91. The molecule has 112 valence electrons. The summed E-state index contributed by atoms with van der Waals surface area (Å²) in [5.74, 6) is -0.235. The molecule has 1 atom stereocenters. The van der Waals surface area contributed by atoms with Crippen molar-refractivity contribution in [2.24, 2.45) is 0 Å². The quantitative estimate of drug-likeness (QED) is 0.868. The number of cyclic esters (lactones) is 1. The molecule has 1 N–H and O–H groups in total. The Bertz CT molecular complexity index is 622. The normalized spacial score (nSPS) is 18.0. The van der Waals surface area contributed by atoms with E-state index < -0.39 is 5.97 Å². The Hall–Kier alpha value is -2.55. The van der Waals surface area contributed by atoms with Crippen LogP contribution in [-0.4, -0.2) is 17.2 Å². The van der Waals surface area contributed by atoms with Gasteiger partial charge in [0, 0.05) is 12.3 Å². The van der Waals surface area contributed by atoms with Crippen molar-refractivity contribution in [3.63, 3.8) is 0 Å². The number of benzene rings is 2. The molecule has 22 heavy (non-hydrogen) atoms. The van der Waals surface area contributed by atoms with Gasteiger partial charge < -0.3 is 9.84 Å². The highest BCUT2D eigenvalue weighted by molar-refractivity contribution is 5.83. The van der Waals surface area contributed by atoms with Gasteiger partial charge in [-0.3, -0.25) is 0 Å². The third kappa shape index (κ3) is 3.37. The summed E-state index contributed by atoms with van der Waals surface area (Å²) in [4.78, 5) is 11.5. The van der Waals surface area contributed by atoms with Crippen LogP contribution in [0.25, 0.3) is 0 Å². The van der Waals surface area contributed by atoms with E-state index in [4.69, 9.17) is 4.74 Å². The van der Waals surface area contributed by atoms with E-state index in [1.54, 1.807) is 0 Å². The van der Waals surface area contributed by atoms with Crippen LogP contribution in [0.1, 0.15) is 29.9 Å². The number of esters is 1. The zero-order valence-corrected chi connectivity index (χ0v) is 12.2. The van der Waals surface area contributed by atoms with Crippen LogP contribution in [0.4, 0.5) is 0 Å². The second kappa shape index (κ2) is 6.48. The molecule has 3 rings (SSSR count). The Labute approximate surface area is 129 Å². The lowest BCUT2D eigenvalue weighted by atomic mass is 9.85. The number of carbonyl (C=O) groups excluding carboxylic acids is 1. The molecule has 1 aliphatic rings. The first kappa shape index (κ1) is 14.4. The van der Waals surface area contributed by atoms with E-state index in [1.165, 1.54) is 11.1 Å². The summed E-state index contributed by atoms with van der Waals surface area (Å²) in [5, 5.41) is 9.66. The maximum Gasteiger partial charge on any atom is 0.334 e. The van der Waals surface area contributed by atoms with Gasteiger partial charge in [-0.2, -0.15) is 0 Å². The smallest absolute Gasteiger partial charge is 0.334 e. The fraction of sp³-hybridized carbons (Fsp3) is 0.211. The van der Waals surface area contributed by atoms with Gasteiger partial charge in [-0.05, 0) is 17.5 Å². The maximum absolute atomic E-state index is 11.5. The Kier molecular flexibility index (Phi) is 4.24. The van der Waals surface area contributed by atoms with Crippen LogP contribution in [0.5, 0.6) is 0 Å². The number of hydrogen-bond donors (Lipinski definition) is 1. The van der Waals surface area contributed by atoms with Gasteiger partial charge in [0.15, 0.2) is 0 Å².